The van der Waals surface area contributed by atoms with Crippen molar-refractivity contribution in [3.63, 3.8) is 0 Å². The molecule has 17 heavy (non-hydrogen) atoms. The Balaban J connectivity index is 2.47. The van der Waals surface area contributed by atoms with Crippen LogP contribution in [0.1, 0.15) is 50.5 Å². The molecular formula is C15H24O2. The first-order valence-electron chi connectivity index (χ1n) is 6.56. The zero-order chi connectivity index (χ0) is 12.5. The quantitative estimate of drug-likeness (QED) is 0.697. The van der Waals surface area contributed by atoms with Crippen LogP contribution in [0.2, 0.25) is 0 Å². The van der Waals surface area contributed by atoms with Gasteiger partial charge in [-0.2, -0.15) is 0 Å². The third-order valence-electron chi connectivity index (χ3n) is 3.29. The Morgan fingerprint density at radius 3 is 2.35 bits per heavy atom. The van der Waals surface area contributed by atoms with Crippen molar-refractivity contribution in [3.05, 3.63) is 29.8 Å². The van der Waals surface area contributed by atoms with Crippen LogP contribution in [0.3, 0.4) is 0 Å². The van der Waals surface area contributed by atoms with E-state index in [1.165, 1.54) is 24.8 Å². The first kappa shape index (κ1) is 14.0. The fraction of sp³-hybridized carbons (Fsp3) is 0.600. The summed E-state index contributed by atoms with van der Waals surface area (Å²) < 4.78 is 5.17. The lowest BCUT2D eigenvalue weighted by molar-refractivity contribution is 0.281. The van der Waals surface area contributed by atoms with Crippen molar-refractivity contribution in [3.8, 4) is 5.75 Å². The van der Waals surface area contributed by atoms with Gasteiger partial charge in [-0.1, -0.05) is 31.9 Å². The van der Waals surface area contributed by atoms with Crippen LogP contribution in [0.15, 0.2) is 24.3 Å². The molecule has 1 rings (SSSR count). The molecular weight excluding hydrogens is 212 g/mol. The summed E-state index contributed by atoms with van der Waals surface area (Å²) in [5.41, 5.74) is 1.40. The molecule has 2 nitrogen and oxygen atoms in total. The first-order chi connectivity index (χ1) is 8.31. The molecule has 0 aromatic heterocycles. The van der Waals surface area contributed by atoms with E-state index in [1.807, 2.05) is 12.1 Å². The molecule has 0 saturated heterocycles. The van der Waals surface area contributed by atoms with E-state index in [2.05, 4.69) is 19.1 Å². The van der Waals surface area contributed by atoms with Crippen LogP contribution in [-0.4, -0.2) is 18.8 Å². The Kier molecular flexibility index (Phi) is 6.71. The molecule has 1 N–H and O–H groups in total. The minimum absolute atomic E-state index is 0.319. The molecule has 2 heteroatoms. The highest BCUT2D eigenvalue weighted by Crippen LogP contribution is 2.27. The van der Waals surface area contributed by atoms with Crippen molar-refractivity contribution in [2.24, 2.45) is 0 Å². The van der Waals surface area contributed by atoms with Crippen molar-refractivity contribution < 1.29 is 9.84 Å². The van der Waals surface area contributed by atoms with Gasteiger partial charge in [0.1, 0.15) is 5.75 Å². The van der Waals surface area contributed by atoms with Crippen LogP contribution >= 0.6 is 0 Å². The smallest absolute Gasteiger partial charge is 0.118 e. The number of rotatable bonds is 8. The minimum Gasteiger partial charge on any atom is -0.497 e. The average molecular weight is 236 g/mol. The summed E-state index contributed by atoms with van der Waals surface area (Å²) in [7, 11) is 1.70. The minimum atomic E-state index is 0.319. The summed E-state index contributed by atoms with van der Waals surface area (Å²) in [5, 5.41) is 8.75. The molecule has 0 spiro atoms. The summed E-state index contributed by atoms with van der Waals surface area (Å²) in [5.74, 6) is 1.56. The van der Waals surface area contributed by atoms with E-state index >= 15 is 0 Å². The normalized spacial score (nSPS) is 12.4. The highest BCUT2D eigenvalue weighted by molar-refractivity contribution is 5.29. The van der Waals surface area contributed by atoms with Gasteiger partial charge in [0.25, 0.3) is 0 Å². The maximum atomic E-state index is 8.75. The molecule has 96 valence electrons. The summed E-state index contributed by atoms with van der Waals surface area (Å²) in [6.45, 7) is 2.56. The van der Waals surface area contributed by atoms with Gasteiger partial charge in [-0.3, -0.25) is 0 Å². The summed E-state index contributed by atoms with van der Waals surface area (Å²) in [4.78, 5) is 0. The second kappa shape index (κ2) is 8.13. The van der Waals surface area contributed by atoms with Crippen LogP contribution in [0.4, 0.5) is 0 Å². The fourth-order valence-corrected chi connectivity index (χ4v) is 2.16. The molecule has 0 fully saturated rings. The standard InChI is InChI=1S/C15H24O2/c1-3-13(7-5-4-6-12-16)14-8-10-15(17-2)11-9-14/h8-11,13,16H,3-7,12H2,1-2H3. The highest BCUT2D eigenvalue weighted by Gasteiger charge is 2.08. The summed E-state index contributed by atoms with van der Waals surface area (Å²) in [6, 6.07) is 8.40. The van der Waals surface area contributed by atoms with Crippen molar-refractivity contribution in [1.29, 1.82) is 0 Å². The predicted octanol–water partition coefficient (Wildman–Crippen LogP) is 3.74. The van der Waals surface area contributed by atoms with E-state index in [9.17, 15) is 0 Å². The lowest BCUT2D eigenvalue weighted by Crippen LogP contribution is -1.98. The highest BCUT2D eigenvalue weighted by atomic mass is 16.5. The Labute approximate surface area is 105 Å². The Bertz CT molecular complexity index is 292. The van der Waals surface area contributed by atoms with Crippen molar-refractivity contribution >= 4 is 0 Å². The number of aliphatic hydroxyl groups excluding tert-OH is 1. The van der Waals surface area contributed by atoms with Crippen LogP contribution in [0, 0.1) is 0 Å². The fourth-order valence-electron chi connectivity index (χ4n) is 2.16. The average Bonchev–Trinajstić information content (AvgIpc) is 2.39. The molecule has 1 atom stereocenters. The second-order valence-corrected chi connectivity index (χ2v) is 4.45. The monoisotopic (exact) mass is 236 g/mol. The summed E-state index contributed by atoms with van der Waals surface area (Å²) in [6.07, 6.45) is 5.64. The molecule has 0 aliphatic carbocycles. The van der Waals surface area contributed by atoms with Crippen LogP contribution in [-0.2, 0) is 0 Å². The molecule has 1 aromatic rings. The van der Waals surface area contributed by atoms with Crippen molar-refractivity contribution in [2.45, 2.75) is 44.9 Å². The van der Waals surface area contributed by atoms with Gasteiger partial charge in [0.05, 0.1) is 7.11 Å². The molecule has 0 radical (unpaired) electrons. The van der Waals surface area contributed by atoms with Gasteiger partial charge >= 0.3 is 0 Å². The predicted molar refractivity (Wildman–Crippen MR) is 71.6 cm³/mol. The Morgan fingerprint density at radius 2 is 1.82 bits per heavy atom. The number of hydrogen-bond acceptors (Lipinski definition) is 2. The van der Waals surface area contributed by atoms with Crippen LogP contribution in [0.25, 0.3) is 0 Å². The van der Waals surface area contributed by atoms with E-state index in [4.69, 9.17) is 9.84 Å². The lowest BCUT2D eigenvalue weighted by Gasteiger charge is -2.15. The number of aliphatic hydroxyl groups is 1. The van der Waals surface area contributed by atoms with Gasteiger partial charge in [0.15, 0.2) is 0 Å². The van der Waals surface area contributed by atoms with Crippen LogP contribution in [0.5, 0.6) is 5.75 Å². The second-order valence-electron chi connectivity index (χ2n) is 4.45. The van der Waals surface area contributed by atoms with Gasteiger partial charge in [0, 0.05) is 6.61 Å². The zero-order valence-electron chi connectivity index (χ0n) is 11.0. The zero-order valence-corrected chi connectivity index (χ0v) is 11.0. The third-order valence-corrected chi connectivity index (χ3v) is 3.29. The maximum Gasteiger partial charge on any atom is 0.118 e. The van der Waals surface area contributed by atoms with Gasteiger partial charge < -0.3 is 9.84 Å². The lowest BCUT2D eigenvalue weighted by atomic mass is 9.91. The SMILES string of the molecule is CCC(CCCCCO)c1ccc(OC)cc1. The van der Waals surface area contributed by atoms with Crippen molar-refractivity contribution in [2.75, 3.05) is 13.7 Å². The van der Waals surface area contributed by atoms with E-state index in [0.717, 1.165) is 18.6 Å². The molecule has 0 heterocycles. The number of unbranched alkanes of at least 4 members (excludes halogenated alkanes) is 2. The summed E-state index contributed by atoms with van der Waals surface area (Å²) >= 11 is 0. The molecule has 0 bridgehead atoms. The third kappa shape index (κ3) is 4.78. The first-order valence-corrected chi connectivity index (χ1v) is 6.56. The number of methoxy groups -OCH3 is 1. The molecule has 1 unspecified atom stereocenters. The van der Waals surface area contributed by atoms with E-state index in [1.54, 1.807) is 7.11 Å². The van der Waals surface area contributed by atoms with Crippen molar-refractivity contribution in [1.82, 2.24) is 0 Å². The number of ether oxygens (including phenoxy) is 1. The topological polar surface area (TPSA) is 29.5 Å². The number of hydrogen-bond donors (Lipinski definition) is 1. The Hall–Kier alpha value is -1.02. The van der Waals surface area contributed by atoms with Gasteiger partial charge in [0.2, 0.25) is 0 Å². The molecule has 0 amide bonds. The van der Waals surface area contributed by atoms with E-state index in [0.29, 0.717) is 12.5 Å². The molecule has 1 aromatic carbocycles. The van der Waals surface area contributed by atoms with Gasteiger partial charge in [-0.15, -0.1) is 0 Å². The van der Waals surface area contributed by atoms with Crippen LogP contribution < -0.4 is 4.74 Å². The van der Waals surface area contributed by atoms with Gasteiger partial charge in [-0.25, -0.2) is 0 Å². The molecule has 0 aliphatic rings. The van der Waals surface area contributed by atoms with E-state index < -0.39 is 0 Å². The van der Waals surface area contributed by atoms with Gasteiger partial charge in [-0.05, 0) is 42.9 Å². The molecule has 0 saturated carbocycles. The maximum absolute atomic E-state index is 8.75. The largest absolute Gasteiger partial charge is 0.497 e. The van der Waals surface area contributed by atoms with E-state index in [-0.39, 0.29) is 0 Å². The molecule has 0 aliphatic heterocycles. The Morgan fingerprint density at radius 1 is 1.12 bits per heavy atom. The number of benzene rings is 1.